The van der Waals surface area contributed by atoms with Crippen LogP contribution in [0.1, 0.15) is 19.1 Å². The predicted octanol–water partition coefficient (Wildman–Crippen LogP) is 1.70. The molecule has 1 saturated heterocycles. The van der Waals surface area contributed by atoms with E-state index in [1.165, 1.54) is 15.9 Å². The van der Waals surface area contributed by atoms with Gasteiger partial charge >= 0.3 is 5.69 Å². The largest absolute Gasteiger partial charge is 0.393 e. The first kappa shape index (κ1) is 14.4. The number of rotatable bonds is 3. The third-order valence-corrected chi connectivity index (χ3v) is 6.07. The summed E-state index contributed by atoms with van der Waals surface area (Å²) in [6.45, 7) is -0.0308. The summed E-state index contributed by atoms with van der Waals surface area (Å²) in [7, 11) is 0. The molecule has 2 N–H and O–H groups in total. The molecule has 3 heterocycles. The van der Waals surface area contributed by atoms with Gasteiger partial charge in [-0.05, 0) is 46.8 Å². The first-order chi connectivity index (χ1) is 10.5. The van der Waals surface area contributed by atoms with Crippen molar-refractivity contribution in [3.05, 3.63) is 43.0 Å². The van der Waals surface area contributed by atoms with Gasteiger partial charge in [-0.15, -0.1) is 11.3 Å². The molecule has 2 aromatic heterocycles. The Morgan fingerprint density at radius 2 is 2.32 bits per heavy atom. The van der Waals surface area contributed by atoms with Gasteiger partial charge in [0.2, 0.25) is 0 Å². The lowest BCUT2D eigenvalue weighted by Crippen LogP contribution is -2.34. The second kappa shape index (κ2) is 4.89. The van der Waals surface area contributed by atoms with Crippen LogP contribution in [0.4, 0.5) is 0 Å². The minimum Gasteiger partial charge on any atom is -0.393 e. The van der Waals surface area contributed by atoms with Crippen LogP contribution in [0.15, 0.2) is 31.7 Å². The number of hydrogen-bond donors (Lipinski definition) is 2. The molecule has 0 spiro atoms. The third kappa shape index (κ3) is 2.13. The van der Waals surface area contributed by atoms with Gasteiger partial charge in [0.25, 0.3) is 5.56 Å². The highest BCUT2D eigenvalue weighted by molar-refractivity contribution is 9.11. The number of aromatic nitrogens is 2. The fourth-order valence-corrected chi connectivity index (χ4v) is 4.49. The van der Waals surface area contributed by atoms with E-state index in [0.29, 0.717) is 17.9 Å². The summed E-state index contributed by atoms with van der Waals surface area (Å²) in [5, 5.41) is 9.41. The summed E-state index contributed by atoms with van der Waals surface area (Å²) >= 11 is 4.79. The van der Waals surface area contributed by atoms with Crippen molar-refractivity contribution in [3.8, 4) is 10.4 Å². The first-order valence-corrected chi connectivity index (χ1v) is 8.53. The molecule has 2 fully saturated rings. The molecule has 3 unspecified atom stereocenters. The number of H-pyrrole nitrogens is 1. The topological polar surface area (TPSA) is 84.3 Å². The number of aliphatic hydroxyl groups excluding tert-OH is 1. The van der Waals surface area contributed by atoms with Crippen molar-refractivity contribution >= 4 is 27.3 Å². The smallest absolute Gasteiger partial charge is 0.330 e. The van der Waals surface area contributed by atoms with Crippen molar-refractivity contribution in [2.45, 2.75) is 24.7 Å². The average molecular weight is 385 g/mol. The Balaban J connectivity index is 1.75. The molecule has 116 valence electrons. The zero-order chi connectivity index (χ0) is 15.5. The highest BCUT2D eigenvalue weighted by Crippen LogP contribution is 2.58. The number of thiophene rings is 1. The Labute approximate surface area is 137 Å². The Morgan fingerprint density at radius 1 is 1.50 bits per heavy atom. The lowest BCUT2D eigenvalue weighted by molar-refractivity contribution is -0.0618. The van der Waals surface area contributed by atoms with Gasteiger partial charge in [-0.25, -0.2) is 4.79 Å². The van der Waals surface area contributed by atoms with Crippen LogP contribution in [0.25, 0.3) is 10.4 Å². The monoisotopic (exact) mass is 384 g/mol. The van der Waals surface area contributed by atoms with E-state index in [2.05, 4.69) is 20.9 Å². The van der Waals surface area contributed by atoms with E-state index >= 15 is 0 Å². The molecule has 1 aliphatic heterocycles. The summed E-state index contributed by atoms with van der Waals surface area (Å²) in [4.78, 5) is 27.3. The van der Waals surface area contributed by atoms with Gasteiger partial charge in [-0.3, -0.25) is 14.3 Å². The molecule has 1 saturated carbocycles. The first-order valence-electron chi connectivity index (χ1n) is 6.92. The fraction of sp³-hybridized carbons (Fsp3) is 0.429. The number of fused-ring (bicyclic) bond motifs is 1. The molecule has 2 aromatic rings. The molecule has 1 aliphatic carbocycles. The molecule has 8 heteroatoms. The van der Waals surface area contributed by atoms with Crippen LogP contribution in [0.3, 0.4) is 0 Å². The molecule has 0 aromatic carbocycles. The number of halogens is 1. The maximum atomic E-state index is 12.1. The van der Waals surface area contributed by atoms with Gasteiger partial charge in [0.05, 0.1) is 21.6 Å². The molecular formula is C14H13BrN2O4S. The maximum absolute atomic E-state index is 12.1. The van der Waals surface area contributed by atoms with Crippen LogP contribution in [0, 0.1) is 5.92 Å². The normalized spacial score (nSPS) is 29.5. The van der Waals surface area contributed by atoms with Gasteiger partial charge in [0.1, 0.15) is 6.23 Å². The number of hydrogen-bond acceptors (Lipinski definition) is 5. The average Bonchev–Trinajstić information content (AvgIpc) is 2.81. The van der Waals surface area contributed by atoms with Crippen molar-refractivity contribution in [1.29, 1.82) is 0 Å². The number of ether oxygens (including phenoxy) is 1. The number of aliphatic hydroxyl groups is 1. The second-order valence-electron chi connectivity index (χ2n) is 5.75. The summed E-state index contributed by atoms with van der Waals surface area (Å²) in [5.74, 6) is 0.292. The Bertz CT molecular complexity index is 853. The molecule has 6 nitrogen and oxygen atoms in total. The van der Waals surface area contributed by atoms with E-state index in [4.69, 9.17) is 4.74 Å². The third-order valence-electron chi connectivity index (χ3n) is 4.42. The Morgan fingerprint density at radius 3 is 2.95 bits per heavy atom. The van der Waals surface area contributed by atoms with E-state index < -0.39 is 23.1 Å². The highest BCUT2D eigenvalue weighted by Gasteiger charge is 2.62. The SMILES string of the molecule is O=c1[nH]c(=O)n(C2CC3CC3(CO)O2)cc1-c1ccc(Br)s1. The number of aromatic amines is 1. The van der Waals surface area contributed by atoms with E-state index in [1.807, 2.05) is 12.1 Å². The predicted molar refractivity (Wildman–Crippen MR) is 85.0 cm³/mol. The molecule has 22 heavy (non-hydrogen) atoms. The molecule has 2 aliphatic rings. The van der Waals surface area contributed by atoms with Crippen molar-refractivity contribution in [3.63, 3.8) is 0 Å². The lowest BCUT2D eigenvalue weighted by Gasteiger charge is -2.19. The van der Waals surface area contributed by atoms with Crippen LogP contribution in [-0.2, 0) is 4.74 Å². The quantitative estimate of drug-likeness (QED) is 0.843. The zero-order valence-corrected chi connectivity index (χ0v) is 13.8. The van der Waals surface area contributed by atoms with E-state index in [-0.39, 0.29) is 6.61 Å². The summed E-state index contributed by atoms with van der Waals surface area (Å²) in [6, 6.07) is 3.69. The van der Waals surface area contributed by atoms with Gasteiger partial charge in [0, 0.05) is 11.1 Å². The van der Waals surface area contributed by atoms with E-state index in [9.17, 15) is 14.7 Å². The van der Waals surface area contributed by atoms with Crippen molar-refractivity contribution in [1.82, 2.24) is 9.55 Å². The minimum atomic E-state index is -0.483. The number of nitrogens with one attached hydrogen (secondary N) is 1. The highest BCUT2D eigenvalue weighted by atomic mass is 79.9. The molecule has 0 radical (unpaired) electrons. The Kier molecular flexibility index (Phi) is 3.19. The maximum Gasteiger partial charge on any atom is 0.330 e. The second-order valence-corrected chi connectivity index (χ2v) is 8.21. The lowest BCUT2D eigenvalue weighted by atomic mass is 10.2. The van der Waals surface area contributed by atoms with Gasteiger partial charge < -0.3 is 9.84 Å². The summed E-state index contributed by atoms with van der Waals surface area (Å²) in [6.07, 6.45) is 2.64. The van der Waals surface area contributed by atoms with Crippen LogP contribution in [0.2, 0.25) is 0 Å². The van der Waals surface area contributed by atoms with Crippen LogP contribution in [-0.4, -0.2) is 26.9 Å². The Hall–Kier alpha value is -1.22. The molecule has 3 atom stereocenters. The fourth-order valence-electron chi connectivity index (χ4n) is 3.10. The number of nitrogens with zero attached hydrogens (tertiary/aromatic N) is 1. The van der Waals surface area contributed by atoms with Crippen molar-refractivity contribution in [2.75, 3.05) is 6.61 Å². The van der Waals surface area contributed by atoms with E-state index in [0.717, 1.165) is 15.1 Å². The molecule has 4 rings (SSSR count). The molecule has 0 amide bonds. The summed E-state index contributed by atoms with van der Waals surface area (Å²) < 4.78 is 8.20. The van der Waals surface area contributed by atoms with Crippen LogP contribution >= 0.6 is 27.3 Å². The van der Waals surface area contributed by atoms with Crippen molar-refractivity contribution < 1.29 is 9.84 Å². The van der Waals surface area contributed by atoms with Crippen molar-refractivity contribution in [2.24, 2.45) is 5.92 Å². The van der Waals surface area contributed by atoms with E-state index in [1.54, 1.807) is 6.20 Å². The van der Waals surface area contributed by atoms with Gasteiger partial charge in [0.15, 0.2) is 0 Å². The standard InChI is InChI=1S/C14H13BrN2O4S/c15-10-2-1-9(22-10)8-5-17(13(20)16-12(8)19)11-3-7-4-14(7,6-18)21-11/h1-2,5,7,11,18H,3-4,6H2,(H,16,19,20). The molecule has 0 bridgehead atoms. The summed E-state index contributed by atoms with van der Waals surface area (Å²) in [5.41, 5.74) is -0.927. The van der Waals surface area contributed by atoms with Crippen LogP contribution in [0.5, 0.6) is 0 Å². The molecular weight excluding hydrogens is 372 g/mol. The zero-order valence-electron chi connectivity index (χ0n) is 11.4. The minimum absolute atomic E-state index is 0.0308. The van der Waals surface area contributed by atoms with Crippen LogP contribution < -0.4 is 11.2 Å². The van der Waals surface area contributed by atoms with Gasteiger partial charge in [-0.1, -0.05) is 0 Å². The van der Waals surface area contributed by atoms with Gasteiger partial charge in [-0.2, -0.15) is 0 Å².